The van der Waals surface area contributed by atoms with Crippen LogP contribution in [-0.2, 0) is 6.42 Å². The topological polar surface area (TPSA) is 61.4 Å². The van der Waals surface area contributed by atoms with E-state index in [0.717, 1.165) is 40.2 Å². The van der Waals surface area contributed by atoms with E-state index in [4.69, 9.17) is 18.0 Å². The smallest absolute Gasteiger partial charge is 0.318 e. The molecule has 1 saturated heterocycles. The lowest BCUT2D eigenvalue weighted by molar-refractivity contribution is 0.168. The summed E-state index contributed by atoms with van der Waals surface area (Å²) in [5.74, 6) is 3.59. The van der Waals surface area contributed by atoms with Gasteiger partial charge in [-0.25, -0.2) is 14.8 Å². The molecule has 0 radical (unpaired) electrons. The van der Waals surface area contributed by atoms with Crippen LogP contribution >= 0.6 is 11.6 Å². The monoisotopic (exact) mass is 497 g/mol. The fourth-order valence-corrected chi connectivity index (χ4v) is 5.11. The number of hydrogen-bond donors (Lipinski definition) is 1. The van der Waals surface area contributed by atoms with E-state index in [9.17, 15) is 4.79 Å². The summed E-state index contributed by atoms with van der Waals surface area (Å²) in [5, 5.41) is 3.78. The molecule has 1 aromatic heterocycles. The molecule has 2 heterocycles. The van der Waals surface area contributed by atoms with E-state index in [0.29, 0.717) is 24.7 Å². The number of benzene rings is 2. The summed E-state index contributed by atoms with van der Waals surface area (Å²) in [4.78, 5) is 26.4. The Balaban J connectivity index is 1.28. The highest BCUT2D eigenvalue weighted by Crippen LogP contribution is 2.35. The van der Waals surface area contributed by atoms with Crippen molar-refractivity contribution in [2.45, 2.75) is 32.4 Å². The third-order valence-electron chi connectivity index (χ3n) is 6.92. The minimum Gasteiger partial charge on any atom is -0.352 e. The van der Waals surface area contributed by atoms with E-state index < -0.39 is 0 Å². The van der Waals surface area contributed by atoms with E-state index >= 15 is 0 Å². The number of hydrogen-bond acceptors (Lipinski definition) is 4. The predicted molar refractivity (Wildman–Crippen MR) is 145 cm³/mol. The Hall–Kier alpha value is -3.82. The maximum Gasteiger partial charge on any atom is 0.318 e. The highest BCUT2D eigenvalue weighted by Gasteiger charge is 2.31. The first-order chi connectivity index (χ1) is 17.4. The van der Waals surface area contributed by atoms with Crippen molar-refractivity contribution in [1.82, 2.24) is 20.2 Å². The molecule has 6 nitrogen and oxygen atoms in total. The van der Waals surface area contributed by atoms with Gasteiger partial charge in [0, 0.05) is 48.2 Å². The van der Waals surface area contributed by atoms with E-state index in [-0.39, 0.29) is 18.1 Å². The van der Waals surface area contributed by atoms with Gasteiger partial charge in [-0.15, -0.1) is 6.42 Å². The van der Waals surface area contributed by atoms with Gasteiger partial charge in [-0.2, -0.15) is 0 Å². The number of halogens is 1. The normalized spacial score (nSPS) is 17.7. The largest absolute Gasteiger partial charge is 0.352 e. The molecule has 1 N–H and O–H groups in total. The predicted octanol–water partition coefficient (Wildman–Crippen LogP) is 5.19. The molecule has 36 heavy (non-hydrogen) atoms. The van der Waals surface area contributed by atoms with Gasteiger partial charge < -0.3 is 15.1 Å². The van der Waals surface area contributed by atoms with Crippen LogP contribution < -0.4 is 10.2 Å². The zero-order valence-electron chi connectivity index (χ0n) is 20.4. The number of piperazine rings is 1. The number of amides is 2. The number of aromatic nitrogens is 2. The summed E-state index contributed by atoms with van der Waals surface area (Å²) in [6.45, 7) is 6.05. The highest BCUT2D eigenvalue weighted by atomic mass is 35.5. The second kappa shape index (κ2) is 10.0. The summed E-state index contributed by atoms with van der Waals surface area (Å²) in [7, 11) is 0. The SMILES string of the molecule is C#Cc1ccc(C2=Cc3c(ncnc3N3CCN(C(=O)N[C@@H](C)c4cccc(Cl)c4)[C@H](C)C3)C2)cc1. The molecule has 5 rings (SSSR count). The van der Waals surface area contributed by atoms with Crippen molar-refractivity contribution >= 4 is 35.1 Å². The molecule has 2 aromatic carbocycles. The van der Waals surface area contributed by atoms with Crippen molar-refractivity contribution in [3.05, 3.63) is 87.8 Å². The molecule has 0 spiro atoms. The van der Waals surface area contributed by atoms with E-state index in [1.54, 1.807) is 6.33 Å². The van der Waals surface area contributed by atoms with Crippen molar-refractivity contribution in [2.24, 2.45) is 0 Å². The number of nitrogens with one attached hydrogen (secondary N) is 1. The number of anilines is 1. The molecule has 0 unspecified atom stereocenters. The summed E-state index contributed by atoms with van der Waals surface area (Å²) < 4.78 is 0. The van der Waals surface area contributed by atoms with E-state index in [1.807, 2.05) is 48.2 Å². The van der Waals surface area contributed by atoms with Crippen LogP contribution in [-0.4, -0.2) is 46.6 Å². The Kier molecular flexibility index (Phi) is 6.67. The molecule has 1 fully saturated rings. The maximum absolute atomic E-state index is 13.1. The van der Waals surface area contributed by atoms with Crippen molar-refractivity contribution in [3.8, 4) is 12.3 Å². The Morgan fingerprint density at radius 2 is 2.00 bits per heavy atom. The standard InChI is InChI=1S/C29H28ClN5O/c1-4-21-8-10-22(11-9-21)24-15-26-27(16-24)31-18-32-28(26)34-12-13-35(19(2)17-34)29(36)33-20(3)23-6-5-7-25(30)14-23/h1,5-11,14-15,18-20H,12-13,16-17H2,2-3H3,(H,33,36)/t19-,20+/m1/s1. The molecule has 7 heteroatoms. The highest BCUT2D eigenvalue weighted by molar-refractivity contribution is 6.30. The van der Waals surface area contributed by atoms with E-state index in [1.165, 1.54) is 5.57 Å². The van der Waals surface area contributed by atoms with Crippen LogP contribution in [0.5, 0.6) is 0 Å². The van der Waals surface area contributed by atoms with Crippen LogP contribution in [0, 0.1) is 12.3 Å². The van der Waals surface area contributed by atoms with Gasteiger partial charge in [0.15, 0.2) is 0 Å². The van der Waals surface area contributed by atoms with Gasteiger partial charge >= 0.3 is 6.03 Å². The molecule has 182 valence electrons. The summed E-state index contributed by atoms with van der Waals surface area (Å²) in [5.41, 5.74) is 6.29. The van der Waals surface area contributed by atoms with Gasteiger partial charge in [-0.1, -0.05) is 41.8 Å². The quantitative estimate of drug-likeness (QED) is 0.504. The van der Waals surface area contributed by atoms with Crippen LogP contribution in [0.25, 0.3) is 11.6 Å². The number of rotatable bonds is 4. The molecular formula is C29H28ClN5O. The van der Waals surface area contributed by atoms with Gasteiger partial charge in [0.1, 0.15) is 12.1 Å². The van der Waals surface area contributed by atoms with Crippen molar-refractivity contribution in [3.63, 3.8) is 0 Å². The second-order valence-electron chi connectivity index (χ2n) is 9.34. The maximum atomic E-state index is 13.1. The average Bonchev–Trinajstić information content (AvgIpc) is 3.33. The van der Waals surface area contributed by atoms with Crippen LogP contribution in [0.15, 0.2) is 54.9 Å². The Morgan fingerprint density at radius 3 is 2.72 bits per heavy atom. The third kappa shape index (κ3) is 4.80. The lowest BCUT2D eigenvalue weighted by Gasteiger charge is -2.41. The molecule has 0 saturated carbocycles. The minimum atomic E-state index is -0.134. The number of nitrogens with zero attached hydrogens (tertiary/aromatic N) is 4. The van der Waals surface area contributed by atoms with Crippen molar-refractivity contribution in [1.29, 1.82) is 0 Å². The lowest BCUT2D eigenvalue weighted by atomic mass is 10.0. The molecule has 0 bridgehead atoms. The Morgan fingerprint density at radius 1 is 1.19 bits per heavy atom. The van der Waals surface area contributed by atoms with Crippen LogP contribution in [0.2, 0.25) is 5.02 Å². The zero-order valence-corrected chi connectivity index (χ0v) is 21.2. The number of allylic oxidation sites excluding steroid dienone is 1. The van der Waals surface area contributed by atoms with Crippen molar-refractivity contribution < 1.29 is 4.79 Å². The Bertz CT molecular complexity index is 1360. The zero-order chi connectivity index (χ0) is 25.2. The number of carbonyl (C=O) groups is 1. The van der Waals surface area contributed by atoms with Crippen LogP contribution in [0.1, 0.15) is 47.8 Å². The van der Waals surface area contributed by atoms with Gasteiger partial charge in [-0.05, 0) is 60.9 Å². The third-order valence-corrected chi connectivity index (χ3v) is 7.16. The number of terminal acetylenes is 1. The van der Waals surface area contributed by atoms with Gasteiger partial charge in [-0.3, -0.25) is 0 Å². The molecule has 2 amide bonds. The number of urea groups is 1. The lowest BCUT2D eigenvalue weighted by Crippen LogP contribution is -2.57. The first kappa shape index (κ1) is 23.9. The molecule has 1 aliphatic carbocycles. The fraction of sp³-hybridized carbons (Fsp3) is 0.276. The second-order valence-corrected chi connectivity index (χ2v) is 9.78. The average molecular weight is 498 g/mol. The molecule has 2 atom stereocenters. The molecular weight excluding hydrogens is 470 g/mol. The van der Waals surface area contributed by atoms with E-state index in [2.05, 4.69) is 51.2 Å². The fourth-order valence-electron chi connectivity index (χ4n) is 4.91. The van der Waals surface area contributed by atoms with Gasteiger partial charge in [0.05, 0.1) is 11.7 Å². The van der Waals surface area contributed by atoms with Gasteiger partial charge in [0.25, 0.3) is 0 Å². The first-order valence-corrected chi connectivity index (χ1v) is 12.5. The summed E-state index contributed by atoms with van der Waals surface area (Å²) >= 11 is 6.12. The Labute approximate surface area is 217 Å². The first-order valence-electron chi connectivity index (χ1n) is 12.1. The molecule has 3 aromatic rings. The van der Waals surface area contributed by atoms with Crippen LogP contribution in [0.3, 0.4) is 0 Å². The van der Waals surface area contributed by atoms with Crippen molar-refractivity contribution in [2.75, 3.05) is 24.5 Å². The summed E-state index contributed by atoms with van der Waals surface area (Å²) in [6, 6.07) is 15.4. The molecule has 1 aliphatic heterocycles. The van der Waals surface area contributed by atoms with Crippen LogP contribution in [0.4, 0.5) is 10.6 Å². The minimum absolute atomic E-state index is 0.0251. The summed E-state index contributed by atoms with van der Waals surface area (Å²) in [6.07, 6.45) is 10.1. The number of fused-ring (bicyclic) bond motifs is 1. The molecule has 2 aliphatic rings. The number of carbonyl (C=O) groups excluding carboxylic acids is 1. The van der Waals surface area contributed by atoms with Gasteiger partial charge in [0.2, 0.25) is 0 Å².